The van der Waals surface area contributed by atoms with Crippen LogP contribution in [0.15, 0.2) is 18.2 Å². The number of halogens is 1. The second kappa shape index (κ2) is 5.72. The molecule has 1 atom stereocenters. The Hall–Kier alpha value is -1.26. The van der Waals surface area contributed by atoms with Gasteiger partial charge in [0.05, 0.1) is 13.5 Å². The van der Waals surface area contributed by atoms with Gasteiger partial charge >= 0.3 is 5.97 Å². The Morgan fingerprint density at radius 1 is 1.62 bits per heavy atom. The Morgan fingerprint density at radius 3 is 2.81 bits per heavy atom. The predicted octanol–water partition coefficient (Wildman–Crippen LogP) is 1.87. The number of hydrogen-bond donors (Lipinski definition) is 2. The fourth-order valence-corrected chi connectivity index (χ4v) is 1.72. The summed E-state index contributed by atoms with van der Waals surface area (Å²) in [4.78, 5) is 10.7. The molecule has 0 aliphatic rings. The van der Waals surface area contributed by atoms with E-state index in [0.717, 1.165) is 5.56 Å². The van der Waals surface area contributed by atoms with Crippen LogP contribution in [0.1, 0.15) is 17.9 Å². The van der Waals surface area contributed by atoms with Crippen molar-refractivity contribution in [3.05, 3.63) is 28.8 Å². The molecule has 88 valence electrons. The minimum Gasteiger partial charge on any atom is -0.496 e. The first kappa shape index (κ1) is 12.8. The van der Waals surface area contributed by atoms with Crippen molar-refractivity contribution in [3.63, 3.8) is 0 Å². The lowest BCUT2D eigenvalue weighted by Crippen LogP contribution is -2.17. The quantitative estimate of drug-likeness (QED) is 0.828. The molecule has 0 heterocycles. The first-order chi connectivity index (χ1) is 7.58. The molecule has 1 rings (SSSR count). The summed E-state index contributed by atoms with van der Waals surface area (Å²) in [5.74, 6) is -0.568. The molecule has 0 aromatic heterocycles. The Kier molecular flexibility index (Phi) is 4.58. The summed E-state index contributed by atoms with van der Waals surface area (Å²) >= 11 is 5.82. The number of benzene rings is 1. The lowest BCUT2D eigenvalue weighted by molar-refractivity contribution is -0.137. The van der Waals surface area contributed by atoms with Gasteiger partial charge in [-0.15, -0.1) is 0 Å². The lowest BCUT2D eigenvalue weighted by atomic mass is 9.95. The van der Waals surface area contributed by atoms with Crippen LogP contribution in [0.3, 0.4) is 0 Å². The Balaban J connectivity index is 3.03. The van der Waals surface area contributed by atoms with Crippen molar-refractivity contribution >= 4 is 17.6 Å². The number of carboxylic acids is 1. The van der Waals surface area contributed by atoms with Crippen molar-refractivity contribution < 1.29 is 14.6 Å². The van der Waals surface area contributed by atoms with E-state index < -0.39 is 5.97 Å². The molecule has 0 aliphatic carbocycles. The molecule has 1 unspecified atom stereocenters. The van der Waals surface area contributed by atoms with Gasteiger partial charge < -0.3 is 15.6 Å². The number of rotatable bonds is 5. The van der Waals surface area contributed by atoms with E-state index in [1.54, 1.807) is 18.2 Å². The highest BCUT2D eigenvalue weighted by atomic mass is 35.5. The van der Waals surface area contributed by atoms with Crippen LogP contribution in [-0.4, -0.2) is 24.7 Å². The van der Waals surface area contributed by atoms with Crippen LogP contribution in [0.25, 0.3) is 0 Å². The van der Waals surface area contributed by atoms with E-state index in [1.807, 2.05) is 0 Å². The van der Waals surface area contributed by atoms with Crippen LogP contribution >= 0.6 is 11.6 Å². The molecule has 0 radical (unpaired) electrons. The third-order valence-electron chi connectivity index (χ3n) is 2.34. The van der Waals surface area contributed by atoms with Crippen LogP contribution in [0.5, 0.6) is 5.75 Å². The van der Waals surface area contributed by atoms with Crippen LogP contribution in [0, 0.1) is 0 Å². The van der Waals surface area contributed by atoms with Gasteiger partial charge in [0.15, 0.2) is 0 Å². The summed E-state index contributed by atoms with van der Waals surface area (Å²) in [6.07, 6.45) is -0.0194. The van der Waals surface area contributed by atoms with Crippen LogP contribution < -0.4 is 10.5 Å². The van der Waals surface area contributed by atoms with Crippen molar-refractivity contribution in [2.24, 2.45) is 5.73 Å². The van der Waals surface area contributed by atoms with Gasteiger partial charge in [0.1, 0.15) is 5.75 Å². The highest BCUT2D eigenvalue weighted by Gasteiger charge is 2.18. The predicted molar refractivity (Wildman–Crippen MR) is 62.1 cm³/mol. The Bertz CT molecular complexity index is 381. The van der Waals surface area contributed by atoms with E-state index in [9.17, 15) is 4.79 Å². The second-order valence-electron chi connectivity index (χ2n) is 3.42. The maximum atomic E-state index is 10.7. The zero-order chi connectivity index (χ0) is 12.1. The average Bonchev–Trinajstić information content (AvgIpc) is 2.25. The summed E-state index contributed by atoms with van der Waals surface area (Å²) in [7, 11) is 1.52. The SMILES string of the molecule is COc1cc(Cl)ccc1C(CN)CC(=O)O. The zero-order valence-electron chi connectivity index (χ0n) is 8.94. The fourth-order valence-electron chi connectivity index (χ4n) is 1.55. The van der Waals surface area contributed by atoms with Crippen LogP contribution in [-0.2, 0) is 4.79 Å². The van der Waals surface area contributed by atoms with E-state index in [1.165, 1.54) is 7.11 Å². The van der Waals surface area contributed by atoms with Gasteiger partial charge in [0.25, 0.3) is 0 Å². The summed E-state index contributed by atoms with van der Waals surface area (Å²) < 4.78 is 5.16. The Morgan fingerprint density at radius 2 is 2.31 bits per heavy atom. The molecular formula is C11H14ClNO3. The normalized spacial score (nSPS) is 12.2. The van der Waals surface area contributed by atoms with Gasteiger partial charge in [-0.1, -0.05) is 17.7 Å². The summed E-state index contributed by atoms with van der Waals surface area (Å²) in [5.41, 5.74) is 6.34. The third kappa shape index (κ3) is 3.12. The average molecular weight is 244 g/mol. The van der Waals surface area contributed by atoms with Gasteiger partial charge in [-0.25, -0.2) is 0 Å². The third-order valence-corrected chi connectivity index (χ3v) is 2.58. The fraction of sp³-hybridized carbons (Fsp3) is 0.364. The Labute approximate surface area is 99.0 Å². The number of aliphatic carboxylic acids is 1. The van der Waals surface area contributed by atoms with Crippen molar-refractivity contribution in [2.75, 3.05) is 13.7 Å². The van der Waals surface area contributed by atoms with Crippen LogP contribution in [0.4, 0.5) is 0 Å². The van der Waals surface area contributed by atoms with Crippen LogP contribution in [0.2, 0.25) is 5.02 Å². The van der Waals surface area contributed by atoms with Gasteiger partial charge in [0, 0.05) is 10.9 Å². The molecule has 1 aromatic rings. The van der Waals surface area contributed by atoms with Gasteiger partial charge in [0.2, 0.25) is 0 Å². The molecule has 5 heteroatoms. The number of nitrogens with two attached hydrogens (primary N) is 1. The first-order valence-corrected chi connectivity index (χ1v) is 5.21. The van der Waals surface area contributed by atoms with Crippen molar-refractivity contribution in [1.82, 2.24) is 0 Å². The van der Waals surface area contributed by atoms with Gasteiger partial charge in [-0.3, -0.25) is 4.79 Å². The summed E-state index contributed by atoms with van der Waals surface area (Å²) in [6.45, 7) is 0.254. The molecule has 0 fully saturated rings. The summed E-state index contributed by atoms with van der Waals surface area (Å²) in [6, 6.07) is 5.10. The number of hydrogen-bond acceptors (Lipinski definition) is 3. The zero-order valence-corrected chi connectivity index (χ0v) is 9.70. The molecule has 3 N–H and O–H groups in total. The van der Waals surface area contributed by atoms with E-state index in [-0.39, 0.29) is 18.9 Å². The van der Waals surface area contributed by atoms with Crippen molar-refractivity contribution in [3.8, 4) is 5.75 Å². The molecule has 1 aromatic carbocycles. The minimum absolute atomic E-state index is 0.0194. The first-order valence-electron chi connectivity index (χ1n) is 4.83. The molecule has 0 saturated heterocycles. The van der Waals surface area contributed by atoms with Crippen molar-refractivity contribution in [1.29, 1.82) is 0 Å². The monoisotopic (exact) mass is 243 g/mol. The molecule has 4 nitrogen and oxygen atoms in total. The molecule has 16 heavy (non-hydrogen) atoms. The number of methoxy groups -OCH3 is 1. The smallest absolute Gasteiger partial charge is 0.304 e. The summed E-state index contributed by atoms with van der Waals surface area (Å²) in [5, 5.41) is 9.32. The van der Waals surface area contributed by atoms with E-state index in [2.05, 4.69) is 0 Å². The molecule has 0 aliphatic heterocycles. The largest absolute Gasteiger partial charge is 0.496 e. The van der Waals surface area contributed by atoms with E-state index in [0.29, 0.717) is 10.8 Å². The maximum Gasteiger partial charge on any atom is 0.304 e. The maximum absolute atomic E-state index is 10.7. The van der Waals surface area contributed by atoms with E-state index >= 15 is 0 Å². The van der Waals surface area contributed by atoms with E-state index in [4.69, 9.17) is 27.2 Å². The van der Waals surface area contributed by atoms with Gasteiger partial charge in [-0.05, 0) is 24.2 Å². The molecule has 0 saturated carbocycles. The van der Waals surface area contributed by atoms with Gasteiger partial charge in [-0.2, -0.15) is 0 Å². The molecule has 0 spiro atoms. The number of ether oxygens (including phenoxy) is 1. The number of carbonyl (C=O) groups is 1. The standard InChI is InChI=1S/C11H14ClNO3/c1-16-10-5-8(12)2-3-9(10)7(6-13)4-11(14)15/h2-3,5,7H,4,6,13H2,1H3,(H,14,15). The highest BCUT2D eigenvalue weighted by molar-refractivity contribution is 6.30. The minimum atomic E-state index is -0.882. The topological polar surface area (TPSA) is 72.5 Å². The lowest BCUT2D eigenvalue weighted by Gasteiger charge is -2.16. The molecule has 0 amide bonds. The molecule has 0 bridgehead atoms. The molecular weight excluding hydrogens is 230 g/mol. The second-order valence-corrected chi connectivity index (χ2v) is 3.85. The van der Waals surface area contributed by atoms with Crippen molar-refractivity contribution in [2.45, 2.75) is 12.3 Å². The number of carboxylic acid groups (broad SMARTS) is 1. The highest BCUT2D eigenvalue weighted by Crippen LogP contribution is 2.30.